The van der Waals surface area contributed by atoms with Crippen LogP contribution in [-0.2, 0) is 24.2 Å². The van der Waals surface area contributed by atoms with Gasteiger partial charge in [-0.2, -0.15) is 0 Å². The smallest absolute Gasteiger partial charge is 0.220 e. The summed E-state index contributed by atoms with van der Waals surface area (Å²) in [5.41, 5.74) is 5.86. The standard InChI is InChI=1S/C31H37N3O2/c1-24-21-25(2)23-27(22-24)36-20-9-8-19-34-29-14-7-6-13-28(29)33-30(34)15-10-18-32-31(35)17-16-26-11-4-3-5-12-26/h3-7,11-14,21-23H,8-10,15-20H2,1-2H3,(H,32,35). The highest BCUT2D eigenvalue weighted by Gasteiger charge is 2.10. The zero-order chi connectivity index (χ0) is 25.2. The van der Waals surface area contributed by atoms with E-state index < -0.39 is 0 Å². The fourth-order valence-electron chi connectivity index (χ4n) is 4.61. The number of unbranched alkanes of at least 4 members (excludes halogenated alkanes) is 1. The second-order valence-corrected chi connectivity index (χ2v) is 9.49. The summed E-state index contributed by atoms with van der Waals surface area (Å²) < 4.78 is 8.33. The summed E-state index contributed by atoms with van der Waals surface area (Å²) in [7, 11) is 0. The molecule has 4 aromatic rings. The van der Waals surface area contributed by atoms with Crippen LogP contribution in [0.3, 0.4) is 0 Å². The van der Waals surface area contributed by atoms with E-state index in [4.69, 9.17) is 9.72 Å². The lowest BCUT2D eigenvalue weighted by Gasteiger charge is -2.11. The van der Waals surface area contributed by atoms with Gasteiger partial charge in [0.1, 0.15) is 11.6 Å². The van der Waals surface area contributed by atoms with Crippen molar-refractivity contribution >= 4 is 16.9 Å². The first-order valence-electron chi connectivity index (χ1n) is 13.0. The molecule has 5 nitrogen and oxygen atoms in total. The van der Waals surface area contributed by atoms with Gasteiger partial charge in [0.2, 0.25) is 5.91 Å². The number of hydrogen-bond acceptors (Lipinski definition) is 3. The number of rotatable bonds is 13. The van der Waals surface area contributed by atoms with E-state index in [9.17, 15) is 4.79 Å². The second kappa shape index (κ2) is 12.9. The molecule has 1 aromatic heterocycles. The van der Waals surface area contributed by atoms with Gasteiger partial charge in [-0.05, 0) is 80.5 Å². The molecule has 0 aliphatic rings. The fraction of sp³-hybridized carbons (Fsp3) is 0.355. The lowest BCUT2D eigenvalue weighted by atomic mass is 10.1. The molecule has 0 unspecified atom stereocenters. The first kappa shape index (κ1) is 25.5. The summed E-state index contributed by atoms with van der Waals surface area (Å²) in [6.45, 7) is 6.49. The highest BCUT2D eigenvalue weighted by atomic mass is 16.5. The van der Waals surface area contributed by atoms with Gasteiger partial charge in [0.05, 0.1) is 17.6 Å². The Bertz CT molecular complexity index is 1240. The third kappa shape index (κ3) is 7.45. The van der Waals surface area contributed by atoms with Crippen molar-refractivity contribution < 1.29 is 9.53 Å². The summed E-state index contributed by atoms with van der Waals surface area (Å²) in [4.78, 5) is 17.1. The van der Waals surface area contributed by atoms with Crippen molar-refractivity contribution in [3.63, 3.8) is 0 Å². The maximum atomic E-state index is 12.2. The topological polar surface area (TPSA) is 56.1 Å². The number of aryl methyl sites for hydroxylation is 5. The number of carbonyl (C=O) groups is 1. The molecule has 0 spiro atoms. The molecule has 5 heteroatoms. The first-order chi connectivity index (χ1) is 17.6. The third-order valence-electron chi connectivity index (χ3n) is 6.36. The van der Waals surface area contributed by atoms with Gasteiger partial charge in [-0.25, -0.2) is 4.98 Å². The van der Waals surface area contributed by atoms with Crippen LogP contribution in [0.1, 0.15) is 48.2 Å². The molecular weight excluding hydrogens is 446 g/mol. The molecule has 1 N–H and O–H groups in total. The summed E-state index contributed by atoms with van der Waals surface area (Å²) in [5.74, 6) is 2.15. The maximum absolute atomic E-state index is 12.2. The van der Waals surface area contributed by atoms with Gasteiger partial charge in [-0.15, -0.1) is 0 Å². The van der Waals surface area contributed by atoms with E-state index >= 15 is 0 Å². The Morgan fingerprint density at radius 3 is 2.44 bits per heavy atom. The molecule has 0 aliphatic carbocycles. The van der Waals surface area contributed by atoms with Crippen LogP contribution in [0.2, 0.25) is 0 Å². The number of aromatic nitrogens is 2. The van der Waals surface area contributed by atoms with Crippen molar-refractivity contribution in [3.05, 3.63) is 95.3 Å². The predicted octanol–water partition coefficient (Wildman–Crippen LogP) is 6.19. The van der Waals surface area contributed by atoms with E-state index in [1.807, 2.05) is 24.3 Å². The molecule has 0 fully saturated rings. The van der Waals surface area contributed by atoms with Crippen molar-refractivity contribution in [1.29, 1.82) is 0 Å². The van der Waals surface area contributed by atoms with Crippen LogP contribution in [0, 0.1) is 13.8 Å². The minimum atomic E-state index is 0.108. The highest BCUT2D eigenvalue weighted by molar-refractivity contribution is 5.76. The van der Waals surface area contributed by atoms with E-state index in [1.165, 1.54) is 22.2 Å². The molecule has 0 saturated heterocycles. The molecule has 188 valence electrons. The van der Waals surface area contributed by atoms with Crippen LogP contribution in [0.15, 0.2) is 72.8 Å². The quantitative estimate of drug-likeness (QED) is 0.231. The number of nitrogens with zero attached hydrogens (tertiary/aromatic N) is 2. The van der Waals surface area contributed by atoms with E-state index in [1.54, 1.807) is 0 Å². The van der Waals surface area contributed by atoms with Crippen LogP contribution in [0.5, 0.6) is 5.75 Å². The van der Waals surface area contributed by atoms with Gasteiger partial charge in [0.15, 0.2) is 0 Å². The zero-order valence-corrected chi connectivity index (χ0v) is 21.5. The van der Waals surface area contributed by atoms with Crippen molar-refractivity contribution in [2.75, 3.05) is 13.2 Å². The lowest BCUT2D eigenvalue weighted by Crippen LogP contribution is -2.25. The summed E-state index contributed by atoms with van der Waals surface area (Å²) in [6, 6.07) is 24.8. The van der Waals surface area contributed by atoms with E-state index in [2.05, 4.69) is 72.3 Å². The number of imidazole rings is 1. The minimum Gasteiger partial charge on any atom is -0.494 e. The third-order valence-corrected chi connectivity index (χ3v) is 6.36. The summed E-state index contributed by atoms with van der Waals surface area (Å²) in [6.07, 6.45) is 5.01. The number of hydrogen-bond donors (Lipinski definition) is 1. The Balaban J connectivity index is 1.24. The van der Waals surface area contributed by atoms with E-state index in [0.29, 0.717) is 19.6 Å². The zero-order valence-electron chi connectivity index (χ0n) is 21.5. The second-order valence-electron chi connectivity index (χ2n) is 9.49. The molecule has 1 heterocycles. The Morgan fingerprint density at radius 2 is 1.64 bits per heavy atom. The van der Waals surface area contributed by atoms with Crippen molar-refractivity contribution in [3.8, 4) is 5.75 Å². The highest BCUT2D eigenvalue weighted by Crippen LogP contribution is 2.19. The monoisotopic (exact) mass is 483 g/mol. The van der Waals surface area contributed by atoms with E-state index in [-0.39, 0.29) is 5.91 Å². The number of carbonyl (C=O) groups excluding carboxylic acids is 1. The number of para-hydroxylation sites is 2. The Hall–Kier alpha value is -3.60. The van der Waals surface area contributed by atoms with Crippen LogP contribution in [0.4, 0.5) is 0 Å². The molecule has 0 atom stereocenters. The van der Waals surface area contributed by atoms with Gasteiger partial charge < -0.3 is 14.6 Å². The van der Waals surface area contributed by atoms with Crippen molar-refractivity contribution in [2.24, 2.45) is 0 Å². The largest absolute Gasteiger partial charge is 0.494 e. The maximum Gasteiger partial charge on any atom is 0.220 e. The Morgan fingerprint density at radius 1 is 0.889 bits per heavy atom. The van der Waals surface area contributed by atoms with Crippen LogP contribution < -0.4 is 10.1 Å². The SMILES string of the molecule is Cc1cc(C)cc(OCCCCn2c(CCCNC(=O)CCc3ccccc3)nc3ccccc32)c1. The summed E-state index contributed by atoms with van der Waals surface area (Å²) >= 11 is 0. The average Bonchev–Trinajstić information content (AvgIpc) is 3.22. The number of nitrogens with one attached hydrogen (secondary N) is 1. The number of fused-ring (bicyclic) bond motifs is 1. The van der Waals surface area contributed by atoms with Gasteiger partial charge in [-0.1, -0.05) is 48.5 Å². The van der Waals surface area contributed by atoms with Crippen molar-refractivity contribution in [2.45, 2.75) is 58.9 Å². The molecular formula is C31H37N3O2. The first-order valence-corrected chi connectivity index (χ1v) is 13.0. The van der Waals surface area contributed by atoms with Gasteiger partial charge in [-0.3, -0.25) is 4.79 Å². The molecule has 0 bridgehead atoms. The molecule has 1 amide bonds. The van der Waals surface area contributed by atoms with Crippen molar-refractivity contribution in [1.82, 2.24) is 14.9 Å². The van der Waals surface area contributed by atoms with Crippen LogP contribution in [0.25, 0.3) is 11.0 Å². The number of amides is 1. The van der Waals surface area contributed by atoms with Crippen LogP contribution >= 0.6 is 0 Å². The average molecular weight is 484 g/mol. The Kier molecular flexibility index (Phi) is 9.15. The fourth-order valence-corrected chi connectivity index (χ4v) is 4.61. The molecule has 0 radical (unpaired) electrons. The molecule has 0 aliphatic heterocycles. The summed E-state index contributed by atoms with van der Waals surface area (Å²) in [5, 5.41) is 3.07. The van der Waals surface area contributed by atoms with E-state index in [0.717, 1.165) is 55.7 Å². The number of benzene rings is 3. The molecule has 3 aromatic carbocycles. The normalized spacial score (nSPS) is 11.1. The van der Waals surface area contributed by atoms with Crippen LogP contribution in [-0.4, -0.2) is 28.6 Å². The number of ether oxygens (including phenoxy) is 1. The lowest BCUT2D eigenvalue weighted by molar-refractivity contribution is -0.121. The minimum absolute atomic E-state index is 0.108. The molecule has 4 rings (SSSR count). The molecule has 0 saturated carbocycles. The van der Waals surface area contributed by atoms with Gasteiger partial charge >= 0.3 is 0 Å². The predicted molar refractivity (Wildman–Crippen MR) is 146 cm³/mol. The van der Waals surface area contributed by atoms with Gasteiger partial charge in [0, 0.05) is 25.9 Å². The van der Waals surface area contributed by atoms with Gasteiger partial charge in [0.25, 0.3) is 0 Å². The molecule has 36 heavy (non-hydrogen) atoms. The Labute approximate surface area is 214 Å².